The molecule has 0 bridgehead atoms. The third kappa shape index (κ3) is 3.55. The van der Waals surface area contributed by atoms with Gasteiger partial charge >= 0.3 is 0 Å². The molecule has 21 heavy (non-hydrogen) atoms. The Morgan fingerprint density at radius 2 is 1.48 bits per heavy atom. The molecule has 112 valence electrons. The number of rotatable bonds is 4. The first-order valence-electron chi connectivity index (χ1n) is 6.67. The van der Waals surface area contributed by atoms with Crippen LogP contribution in [-0.2, 0) is 10.0 Å². The molecule has 0 aliphatic carbocycles. The number of hydrogen-bond acceptors (Lipinski definition) is 3. The predicted molar refractivity (Wildman–Crippen MR) is 87.5 cm³/mol. The summed E-state index contributed by atoms with van der Waals surface area (Å²) in [7, 11) is 0.187. The molecule has 0 radical (unpaired) electrons. The third-order valence-corrected chi connectivity index (χ3v) is 4.59. The van der Waals surface area contributed by atoms with Crippen LogP contribution < -0.4 is 9.62 Å². The lowest BCUT2D eigenvalue weighted by Crippen LogP contribution is -2.17. The number of aryl methyl sites for hydroxylation is 2. The quantitative estimate of drug-likeness (QED) is 0.944. The molecule has 0 fully saturated rings. The van der Waals surface area contributed by atoms with Crippen molar-refractivity contribution in [3.05, 3.63) is 53.6 Å². The van der Waals surface area contributed by atoms with Crippen LogP contribution >= 0.6 is 0 Å². The minimum atomic E-state index is -3.58. The van der Waals surface area contributed by atoms with Gasteiger partial charge in [0.15, 0.2) is 0 Å². The van der Waals surface area contributed by atoms with Crippen LogP contribution in [0, 0.1) is 13.8 Å². The first-order valence-corrected chi connectivity index (χ1v) is 8.15. The van der Waals surface area contributed by atoms with E-state index in [0.717, 1.165) is 16.8 Å². The molecule has 0 atom stereocenters. The van der Waals surface area contributed by atoms with Crippen LogP contribution in [0.5, 0.6) is 0 Å². The van der Waals surface area contributed by atoms with Crippen molar-refractivity contribution < 1.29 is 8.42 Å². The fourth-order valence-electron chi connectivity index (χ4n) is 2.04. The van der Waals surface area contributed by atoms with Gasteiger partial charge in [-0.2, -0.15) is 0 Å². The summed E-state index contributed by atoms with van der Waals surface area (Å²) in [6.45, 7) is 3.86. The van der Waals surface area contributed by atoms with Crippen LogP contribution in [0.4, 0.5) is 11.4 Å². The highest BCUT2D eigenvalue weighted by atomic mass is 32.2. The second-order valence-electron chi connectivity index (χ2n) is 5.33. The first kappa shape index (κ1) is 15.4. The maximum atomic E-state index is 12.5. The van der Waals surface area contributed by atoms with Gasteiger partial charge < -0.3 is 4.90 Å². The van der Waals surface area contributed by atoms with Crippen molar-refractivity contribution >= 4 is 21.4 Å². The van der Waals surface area contributed by atoms with E-state index in [4.69, 9.17) is 0 Å². The summed E-state index contributed by atoms with van der Waals surface area (Å²) in [5, 5.41) is 0. The molecule has 0 aliphatic rings. The molecule has 5 heteroatoms. The van der Waals surface area contributed by atoms with Gasteiger partial charge in [0.2, 0.25) is 0 Å². The Bertz CT molecular complexity index is 735. The predicted octanol–water partition coefficient (Wildman–Crippen LogP) is 3.17. The van der Waals surface area contributed by atoms with Gasteiger partial charge in [-0.1, -0.05) is 23.8 Å². The summed E-state index contributed by atoms with van der Waals surface area (Å²) < 4.78 is 27.6. The van der Waals surface area contributed by atoms with Crippen LogP contribution in [-0.4, -0.2) is 22.5 Å². The summed E-state index contributed by atoms with van der Waals surface area (Å²) in [6, 6.07) is 12.5. The van der Waals surface area contributed by atoms with Crippen molar-refractivity contribution in [1.82, 2.24) is 0 Å². The molecule has 0 spiro atoms. The maximum absolute atomic E-state index is 12.5. The minimum Gasteiger partial charge on any atom is -0.376 e. The topological polar surface area (TPSA) is 49.4 Å². The maximum Gasteiger partial charge on any atom is 0.261 e. The minimum absolute atomic E-state index is 0.263. The van der Waals surface area contributed by atoms with Gasteiger partial charge in [-0.3, -0.25) is 4.72 Å². The van der Waals surface area contributed by atoms with Crippen molar-refractivity contribution in [3.63, 3.8) is 0 Å². The molecule has 2 aromatic carbocycles. The molecule has 0 aromatic heterocycles. The van der Waals surface area contributed by atoms with Crippen LogP contribution in [0.25, 0.3) is 0 Å². The summed E-state index contributed by atoms with van der Waals surface area (Å²) in [6.07, 6.45) is 0. The first-order chi connectivity index (χ1) is 9.79. The zero-order valence-electron chi connectivity index (χ0n) is 12.7. The Kier molecular flexibility index (Phi) is 4.23. The van der Waals surface area contributed by atoms with Gasteiger partial charge in [-0.05, 0) is 43.7 Å². The summed E-state index contributed by atoms with van der Waals surface area (Å²) in [5.74, 6) is 0. The van der Waals surface area contributed by atoms with E-state index >= 15 is 0 Å². The highest BCUT2D eigenvalue weighted by molar-refractivity contribution is 7.92. The lowest BCUT2D eigenvalue weighted by Gasteiger charge is -2.19. The second-order valence-corrected chi connectivity index (χ2v) is 7.02. The zero-order chi connectivity index (χ0) is 15.6. The summed E-state index contributed by atoms with van der Waals surface area (Å²) >= 11 is 0. The molecule has 2 aromatic rings. The molecule has 2 rings (SSSR count). The molecule has 0 aliphatic heterocycles. The molecule has 0 heterocycles. The second kappa shape index (κ2) is 5.77. The Labute approximate surface area is 126 Å². The molecular formula is C16H20N2O2S. The molecule has 0 saturated carbocycles. The number of hydrogen-bond donors (Lipinski definition) is 1. The lowest BCUT2D eigenvalue weighted by molar-refractivity contribution is 0.601. The van der Waals surface area contributed by atoms with E-state index in [1.54, 1.807) is 24.3 Å². The zero-order valence-corrected chi connectivity index (χ0v) is 13.5. The van der Waals surface area contributed by atoms with E-state index < -0.39 is 10.0 Å². The van der Waals surface area contributed by atoms with Crippen molar-refractivity contribution in [2.45, 2.75) is 18.7 Å². The molecule has 4 nitrogen and oxygen atoms in total. The summed E-state index contributed by atoms with van der Waals surface area (Å²) in [5.41, 5.74) is 3.44. The van der Waals surface area contributed by atoms with Gasteiger partial charge in [-0.15, -0.1) is 0 Å². The van der Waals surface area contributed by atoms with Gasteiger partial charge in [0.25, 0.3) is 10.0 Å². The van der Waals surface area contributed by atoms with Crippen molar-refractivity contribution in [3.8, 4) is 0 Å². The largest absolute Gasteiger partial charge is 0.376 e. The average molecular weight is 304 g/mol. The fourth-order valence-corrected chi connectivity index (χ4v) is 3.11. The number of anilines is 2. The SMILES string of the molecule is Cc1ccc(S(=O)(=O)Nc2cc(C)ccc2N(C)C)cc1. The van der Waals surface area contributed by atoms with Gasteiger partial charge in [-0.25, -0.2) is 8.42 Å². The van der Waals surface area contributed by atoms with Crippen LogP contribution in [0.1, 0.15) is 11.1 Å². The van der Waals surface area contributed by atoms with Crippen LogP contribution in [0.2, 0.25) is 0 Å². The van der Waals surface area contributed by atoms with E-state index in [0.29, 0.717) is 5.69 Å². The smallest absolute Gasteiger partial charge is 0.261 e. The van der Waals surface area contributed by atoms with Crippen molar-refractivity contribution in [1.29, 1.82) is 0 Å². The molecule has 0 unspecified atom stereocenters. The number of benzene rings is 2. The summed E-state index contributed by atoms with van der Waals surface area (Å²) in [4.78, 5) is 2.14. The monoisotopic (exact) mass is 304 g/mol. The lowest BCUT2D eigenvalue weighted by atomic mass is 10.2. The van der Waals surface area contributed by atoms with Crippen LogP contribution in [0.15, 0.2) is 47.4 Å². The third-order valence-electron chi connectivity index (χ3n) is 3.21. The molecular weight excluding hydrogens is 284 g/mol. The fraction of sp³-hybridized carbons (Fsp3) is 0.250. The number of nitrogens with one attached hydrogen (secondary N) is 1. The van der Waals surface area contributed by atoms with E-state index in [-0.39, 0.29) is 4.90 Å². The molecule has 1 N–H and O–H groups in total. The number of sulfonamides is 1. The van der Waals surface area contributed by atoms with Gasteiger partial charge in [0.05, 0.1) is 16.3 Å². The van der Waals surface area contributed by atoms with Crippen molar-refractivity contribution in [2.24, 2.45) is 0 Å². The van der Waals surface area contributed by atoms with Gasteiger partial charge in [0.1, 0.15) is 0 Å². The highest BCUT2D eigenvalue weighted by Gasteiger charge is 2.16. The average Bonchev–Trinajstić information content (AvgIpc) is 2.38. The van der Waals surface area contributed by atoms with E-state index in [1.807, 2.05) is 51.0 Å². The standard InChI is InChI=1S/C16H20N2O2S/c1-12-5-8-14(9-6-12)21(19,20)17-15-11-13(2)7-10-16(15)18(3)4/h5-11,17H,1-4H3. The highest BCUT2D eigenvalue weighted by Crippen LogP contribution is 2.28. The Hall–Kier alpha value is -2.01. The number of nitrogens with zero attached hydrogens (tertiary/aromatic N) is 1. The van der Waals surface area contributed by atoms with E-state index in [1.165, 1.54) is 0 Å². The van der Waals surface area contributed by atoms with E-state index in [2.05, 4.69) is 4.72 Å². The normalized spacial score (nSPS) is 11.2. The van der Waals surface area contributed by atoms with Crippen molar-refractivity contribution in [2.75, 3.05) is 23.7 Å². The Balaban J connectivity index is 2.41. The Morgan fingerprint density at radius 1 is 0.905 bits per heavy atom. The molecule has 0 saturated heterocycles. The Morgan fingerprint density at radius 3 is 2.05 bits per heavy atom. The molecule has 0 amide bonds. The van der Waals surface area contributed by atoms with Crippen LogP contribution in [0.3, 0.4) is 0 Å². The van der Waals surface area contributed by atoms with E-state index in [9.17, 15) is 8.42 Å². The van der Waals surface area contributed by atoms with Gasteiger partial charge in [0, 0.05) is 14.1 Å².